The number of hydrogen-bond donors (Lipinski definition) is 9. The van der Waals surface area contributed by atoms with E-state index in [2.05, 4.69) is 35.9 Å². The standard InChI is InChI=1S/C37H38N8O6/c38-28(16-24-19-39-20-42-24)34(47)43-31(14-22-17-40-29-7-3-1-5-26(22)29)35(48)44-32(15-23-18-41-30-8-4-2-6-27(23)30)36(49)45-33(37(50)51)13-21-9-11-25(46)12-10-21/h1-12,17-20,28,31-33,40-41,46H,13-16,38H2,(H,39,42)(H,43,47)(H,44,48)(H,45,49)(H,50,51). The van der Waals surface area contributed by atoms with Crippen molar-refractivity contribution < 1.29 is 29.4 Å². The molecule has 3 amide bonds. The predicted molar refractivity (Wildman–Crippen MR) is 190 cm³/mol. The van der Waals surface area contributed by atoms with Gasteiger partial charge in [-0.3, -0.25) is 14.4 Å². The number of para-hydroxylation sites is 2. The van der Waals surface area contributed by atoms with Crippen LogP contribution in [0.5, 0.6) is 5.75 Å². The molecule has 6 aromatic rings. The molecule has 3 aromatic carbocycles. The lowest BCUT2D eigenvalue weighted by Gasteiger charge is -2.25. The Morgan fingerprint density at radius 1 is 0.667 bits per heavy atom. The minimum absolute atomic E-state index is 0.0141. The highest BCUT2D eigenvalue weighted by Crippen LogP contribution is 2.21. The van der Waals surface area contributed by atoms with E-state index in [1.165, 1.54) is 18.5 Å². The number of aromatic hydroxyl groups is 1. The molecule has 0 saturated heterocycles. The van der Waals surface area contributed by atoms with Gasteiger partial charge >= 0.3 is 5.97 Å². The Bertz CT molecular complexity index is 2140. The number of aliphatic carboxylic acids is 1. The number of carbonyl (C=O) groups excluding carboxylic acids is 3. The first-order valence-corrected chi connectivity index (χ1v) is 16.4. The van der Waals surface area contributed by atoms with Crippen LogP contribution in [0.4, 0.5) is 0 Å². The molecule has 4 atom stereocenters. The summed E-state index contributed by atoms with van der Waals surface area (Å²) in [5.74, 6) is -3.22. The van der Waals surface area contributed by atoms with Crippen LogP contribution in [0.2, 0.25) is 0 Å². The van der Waals surface area contributed by atoms with Crippen molar-refractivity contribution in [3.63, 3.8) is 0 Å². The molecule has 0 fully saturated rings. The Morgan fingerprint density at radius 2 is 1.20 bits per heavy atom. The van der Waals surface area contributed by atoms with Crippen LogP contribution in [0.3, 0.4) is 0 Å². The highest BCUT2D eigenvalue weighted by atomic mass is 16.4. The molecule has 0 aliphatic heterocycles. The van der Waals surface area contributed by atoms with Gasteiger partial charge in [-0.05, 0) is 41.0 Å². The Kier molecular flexibility index (Phi) is 10.4. The molecule has 0 aliphatic carbocycles. The Balaban J connectivity index is 1.27. The van der Waals surface area contributed by atoms with Gasteiger partial charge in [-0.15, -0.1) is 0 Å². The van der Waals surface area contributed by atoms with Gasteiger partial charge in [0.25, 0.3) is 0 Å². The Morgan fingerprint density at radius 3 is 1.73 bits per heavy atom. The quantitative estimate of drug-likeness (QED) is 0.0774. The molecular weight excluding hydrogens is 652 g/mol. The molecule has 0 radical (unpaired) electrons. The van der Waals surface area contributed by atoms with E-state index in [-0.39, 0.29) is 31.4 Å². The molecule has 0 bridgehead atoms. The second kappa shape index (κ2) is 15.4. The number of aromatic amines is 3. The molecule has 0 aliphatic rings. The number of carboxylic acid groups (broad SMARTS) is 1. The van der Waals surface area contributed by atoms with Crippen molar-refractivity contribution in [2.24, 2.45) is 5.73 Å². The van der Waals surface area contributed by atoms with Gasteiger partial charge in [0.15, 0.2) is 0 Å². The molecule has 14 heteroatoms. The number of imidazole rings is 1. The van der Waals surface area contributed by atoms with Gasteiger partial charge in [0.1, 0.15) is 23.9 Å². The summed E-state index contributed by atoms with van der Waals surface area (Å²) in [6.45, 7) is 0. The summed E-state index contributed by atoms with van der Waals surface area (Å²) in [4.78, 5) is 67.1. The van der Waals surface area contributed by atoms with Gasteiger partial charge < -0.3 is 46.8 Å². The molecule has 14 nitrogen and oxygen atoms in total. The largest absolute Gasteiger partial charge is 0.508 e. The minimum Gasteiger partial charge on any atom is -0.508 e. The normalized spacial score (nSPS) is 13.7. The Hall–Kier alpha value is -6.41. The van der Waals surface area contributed by atoms with Crippen LogP contribution < -0.4 is 21.7 Å². The first-order valence-electron chi connectivity index (χ1n) is 16.4. The summed E-state index contributed by atoms with van der Waals surface area (Å²) in [6, 6.07) is 16.3. The fourth-order valence-electron chi connectivity index (χ4n) is 6.08. The molecule has 3 aromatic heterocycles. The fraction of sp³-hybridized carbons (Fsp3) is 0.216. The number of benzene rings is 3. The second-order valence-electron chi connectivity index (χ2n) is 12.4. The number of hydrogen-bond acceptors (Lipinski definition) is 7. The third-order valence-electron chi connectivity index (χ3n) is 8.79. The summed E-state index contributed by atoms with van der Waals surface area (Å²) < 4.78 is 0. The van der Waals surface area contributed by atoms with Crippen molar-refractivity contribution in [3.05, 3.63) is 120 Å². The summed E-state index contributed by atoms with van der Waals surface area (Å²) in [6.07, 6.45) is 6.70. The van der Waals surface area contributed by atoms with Crippen LogP contribution >= 0.6 is 0 Å². The molecular formula is C37H38N8O6. The van der Waals surface area contributed by atoms with E-state index in [1.54, 1.807) is 30.7 Å². The van der Waals surface area contributed by atoms with E-state index in [9.17, 15) is 29.4 Å². The summed E-state index contributed by atoms with van der Waals surface area (Å²) in [5, 5.41) is 29.6. The van der Waals surface area contributed by atoms with Crippen molar-refractivity contribution in [1.82, 2.24) is 35.9 Å². The highest BCUT2D eigenvalue weighted by Gasteiger charge is 2.32. The number of fused-ring (bicyclic) bond motifs is 2. The van der Waals surface area contributed by atoms with Crippen molar-refractivity contribution in [1.29, 1.82) is 0 Å². The van der Waals surface area contributed by atoms with Crippen molar-refractivity contribution >= 4 is 45.5 Å². The van der Waals surface area contributed by atoms with E-state index in [0.717, 1.165) is 32.9 Å². The number of nitrogens with one attached hydrogen (secondary N) is 6. The molecule has 3 heterocycles. The number of nitrogens with zero attached hydrogens (tertiary/aromatic N) is 1. The number of phenols is 1. The lowest BCUT2D eigenvalue weighted by molar-refractivity contribution is -0.142. The zero-order valence-electron chi connectivity index (χ0n) is 27.4. The van der Waals surface area contributed by atoms with E-state index in [1.807, 2.05) is 48.5 Å². The third-order valence-corrected chi connectivity index (χ3v) is 8.79. The maximum atomic E-state index is 14.2. The van der Waals surface area contributed by atoms with Gasteiger partial charge in [0.05, 0.1) is 12.4 Å². The molecule has 262 valence electrons. The first kappa shape index (κ1) is 34.5. The van der Waals surface area contributed by atoms with Crippen LogP contribution in [0.1, 0.15) is 22.4 Å². The van der Waals surface area contributed by atoms with Crippen LogP contribution in [0.25, 0.3) is 21.8 Å². The van der Waals surface area contributed by atoms with E-state index in [4.69, 9.17) is 5.73 Å². The number of phenolic OH excluding ortho intramolecular Hbond substituents is 1. The van der Waals surface area contributed by atoms with Crippen LogP contribution in [0, 0.1) is 0 Å². The number of carbonyl (C=O) groups is 4. The summed E-state index contributed by atoms with van der Waals surface area (Å²) in [7, 11) is 0. The van der Waals surface area contributed by atoms with E-state index < -0.39 is 47.9 Å². The maximum absolute atomic E-state index is 14.2. The number of H-pyrrole nitrogens is 3. The molecule has 0 spiro atoms. The number of nitrogens with two attached hydrogens (primary N) is 1. The molecule has 4 unspecified atom stereocenters. The SMILES string of the molecule is NC(Cc1cnc[nH]1)C(=O)NC(Cc1c[nH]c2ccccc12)C(=O)NC(Cc1c[nH]c2ccccc12)C(=O)NC(Cc1ccc(O)cc1)C(=O)O. The van der Waals surface area contributed by atoms with Crippen molar-refractivity contribution in [2.45, 2.75) is 49.9 Å². The lowest BCUT2D eigenvalue weighted by atomic mass is 10.0. The molecule has 6 rings (SSSR count). The zero-order valence-corrected chi connectivity index (χ0v) is 27.4. The van der Waals surface area contributed by atoms with Gasteiger partial charge in [0, 0.05) is 71.8 Å². The first-order chi connectivity index (χ1) is 24.6. The monoisotopic (exact) mass is 690 g/mol. The van der Waals surface area contributed by atoms with Gasteiger partial charge in [0.2, 0.25) is 17.7 Å². The average molecular weight is 691 g/mol. The van der Waals surface area contributed by atoms with Crippen molar-refractivity contribution in [2.75, 3.05) is 0 Å². The topological polar surface area (TPSA) is 231 Å². The number of rotatable bonds is 15. The number of amides is 3. The summed E-state index contributed by atoms with van der Waals surface area (Å²) in [5.41, 5.74) is 10.6. The van der Waals surface area contributed by atoms with E-state index in [0.29, 0.717) is 11.3 Å². The van der Waals surface area contributed by atoms with Crippen LogP contribution in [0.15, 0.2) is 97.7 Å². The van der Waals surface area contributed by atoms with Crippen molar-refractivity contribution in [3.8, 4) is 5.75 Å². The number of carboxylic acids is 1. The fourth-order valence-corrected chi connectivity index (χ4v) is 6.08. The van der Waals surface area contributed by atoms with Crippen LogP contribution in [-0.4, -0.2) is 78.0 Å². The summed E-state index contributed by atoms with van der Waals surface area (Å²) >= 11 is 0. The predicted octanol–water partition coefficient (Wildman–Crippen LogP) is 2.21. The van der Waals surface area contributed by atoms with Crippen LogP contribution in [-0.2, 0) is 44.9 Å². The average Bonchev–Trinajstić information content (AvgIpc) is 3.89. The number of aromatic nitrogens is 4. The molecule has 51 heavy (non-hydrogen) atoms. The van der Waals surface area contributed by atoms with E-state index >= 15 is 0 Å². The second-order valence-corrected chi connectivity index (χ2v) is 12.4. The van der Waals surface area contributed by atoms with Gasteiger partial charge in [-0.2, -0.15) is 0 Å². The third kappa shape index (κ3) is 8.43. The lowest BCUT2D eigenvalue weighted by Crippen LogP contribution is -2.58. The smallest absolute Gasteiger partial charge is 0.326 e. The Labute approximate surface area is 291 Å². The van der Waals surface area contributed by atoms with Gasteiger partial charge in [-0.1, -0.05) is 48.5 Å². The zero-order chi connectivity index (χ0) is 35.9. The molecule has 0 saturated carbocycles. The van der Waals surface area contributed by atoms with Gasteiger partial charge in [-0.25, -0.2) is 9.78 Å². The minimum atomic E-state index is -1.34. The molecule has 10 N–H and O–H groups in total. The maximum Gasteiger partial charge on any atom is 0.326 e. The highest BCUT2D eigenvalue weighted by molar-refractivity contribution is 5.95.